The van der Waals surface area contributed by atoms with Crippen LogP contribution in [0.2, 0.25) is 0 Å². The normalized spacial score (nSPS) is 26.3. The average molecular weight is 516 g/mol. The fourth-order valence-corrected chi connectivity index (χ4v) is 5.15. The van der Waals surface area contributed by atoms with E-state index in [1.807, 2.05) is 20.8 Å². The Hall–Kier alpha value is -0.380. The van der Waals surface area contributed by atoms with Gasteiger partial charge in [-0.1, -0.05) is 35.1 Å². The first-order chi connectivity index (χ1) is 15.4. The van der Waals surface area contributed by atoms with Gasteiger partial charge in [-0.15, -0.1) is 0 Å². The molecule has 33 heavy (non-hydrogen) atoms. The zero-order valence-corrected chi connectivity index (χ0v) is 24.6. The molecule has 188 valence electrons. The molecule has 1 aliphatic heterocycles. The van der Waals surface area contributed by atoms with Crippen molar-refractivity contribution in [2.45, 2.75) is 47.1 Å². The van der Waals surface area contributed by atoms with Crippen molar-refractivity contribution in [3.8, 4) is 5.75 Å². The van der Waals surface area contributed by atoms with Gasteiger partial charge in [-0.3, -0.25) is 18.8 Å². The van der Waals surface area contributed by atoms with Gasteiger partial charge in [0.25, 0.3) is 0 Å². The van der Waals surface area contributed by atoms with Crippen molar-refractivity contribution in [3.63, 3.8) is 0 Å². The van der Waals surface area contributed by atoms with E-state index in [9.17, 15) is 9.90 Å². The van der Waals surface area contributed by atoms with Gasteiger partial charge < -0.3 is 15.7 Å². The van der Waals surface area contributed by atoms with Crippen LogP contribution in [-0.4, -0.2) is 77.4 Å². The summed E-state index contributed by atoms with van der Waals surface area (Å²) < 4.78 is 6.63. The molecule has 1 aromatic carbocycles. The van der Waals surface area contributed by atoms with Crippen molar-refractivity contribution in [2.24, 2.45) is 5.92 Å². The number of benzene rings is 1. The van der Waals surface area contributed by atoms with Crippen molar-refractivity contribution in [1.82, 2.24) is 24.6 Å². The lowest BCUT2D eigenvalue weighted by Gasteiger charge is -2.40. The van der Waals surface area contributed by atoms with Crippen LogP contribution in [0, 0.1) is 33.6 Å². The largest absolute Gasteiger partial charge is 0.507 e. The third-order valence-corrected chi connectivity index (χ3v) is 8.92. The third-order valence-electron chi connectivity index (χ3n) is 7.37. The van der Waals surface area contributed by atoms with Crippen LogP contribution in [0.3, 0.4) is 0 Å². The van der Waals surface area contributed by atoms with E-state index >= 15 is 0 Å². The topological polar surface area (TPSA) is 71.1 Å². The zero-order chi connectivity index (χ0) is 24.9. The number of carbonyl (C=O) groups is 1. The predicted octanol–water partition coefficient (Wildman–Crippen LogP) is 2.47. The summed E-state index contributed by atoms with van der Waals surface area (Å²) in [5, 5.41) is 18.0. The number of nitrogens with zero attached hydrogens (tertiary/aromatic N) is 3. The highest BCUT2D eigenvalue weighted by Crippen LogP contribution is 2.42. The number of hydrogen-bond donors (Lipinski definition) is 3. The Balaban J connectivity index is 2.43. The SMILES string of the molecule is Cc1c(C)c(C)c(C2(C)NCCN(P)CCN(P)CCN(P)CCNC(=O)C2C)c(O)c1C. The van der Waals surface area contributed by atoms with Gasteiger partial charge in [-0.05, 0) is 56.9 Å². The Morgan fingerprint density at radius 1 is 0.818 bits per heavy atom. The van der Waals surface area contributed by atoms with E-state index in [0.29, 0.717) is 13.1 Å². The van der Waals surface area contributed by atoms with Crippen molar-refractivity contribution < 1.29 is 9.90 Å². The summed E-state index contributed by atoms with van der Waals surface area (Å²) in [5.74, 6) is -0.104. The van der Waals surface area contributed by atoms with Gasteiger partial charge in [0.1, 0.15) is 5.75 Å². The number of carbonyl (C=O) groups excluding carboxylic acids is 1. The lowest BCUT2D eigenvalue weighted by Crippen LogP contribution is -2.53. The molecule has 0 aromatic heterocycles. The summed E-state index contributed by atoms with van der Waals surface area (Å²) in [6.45, 7) is 18.7. The second-order valence-electron chi connectivity index (χ2n) is 9.47. The van der Waals surface area contributed by atoms with Crippen LogP contribution >= 0.6 is 28.2 Å². The van der Waals surface area contributed by atoms with Gasteiger partial charge in [0.15, 0.2) is 0 Å². The Morgan fingerprint density at radius 3 is 1.82 bits per heavy atom. The maximum Gasteiger partial charge on any atom is 0.225 e. The quantitative estimate of drug-likeness (QED) is 0.500. The molecular formula is C23H44N5O2P3. The average Bonchev–Trinajstić information content (AvgIpc) is 2.77. The molecule has 3 N–H and O–H groups in total. The molecule has 1 aliphatic rings. The maximum atomic E-state index is 13.3. The van der Waals surface area contributed by atoms with Gasteiger partial charge in [-0.25, -0.2) is 0 Å². The number of amides is 1. The molecule has 0 aliphatic carbocycles. The maximum absolute atomic E-state index is 13.3. The lowest BCUT2D eigenvalue weighted by atomic mass is 9.75. The number of phenols is 1. The van der Waals surface area contributed by atoms with Crippen LogP contribution in [0.25, 0.3) is 0 Å². The second-order valence-corrected chi connectivity index (χ2v) is 11.7. The standard InChI is InChI=1S/C23H44N5O2P3/c1-15-16(2)18(4)21(29)20(17(15)3)23(6)19(5)22(30)24-7-9-26(31)11-13-28(33)14-12-27(32)10-8-25-23/h19,25,29H,7-14,31-33H2,1-6H3,(H,24,30). The first-order valence-electron chi connectivity index (χ1n) is 11.7. The van der Waals surface area contributed by atoms with E-state index in [4.69, 9.17) is 0 Å². The minimum atomic E-state index is -0.725. The predicted molar refractivity (Wildman–Crippen MR) is 148 cm³/mol. The van der Waals surface area contributed by atoms with E-state index in [0.717, 1.165) is 67.1 Å². The Labute approximate surface area is 207 Å². The number of phenolic OH excluding ortho intramolecular Hbond substituents is 1. The summed E-state index contributed by atoms with van der Waals surface area (Å²) >= 11 is 0. The number of rotatable bonds is 1. The van der Waals surface area contributed by atoms with Gasteiger partial charge in [0.05, 0.1) is 11.5 Å². The van der Waals surface area contributed by atoms with E-state index in [1.165, 1.54) is 0 Å². The molecule has 0 radical (unpaired) electrons. The molecule has 1 amide bonds. The van der Waals surface area contributed by atoms with Crippen LogP contribution in [0.15, 0.2) is 0 Å². The molecule has 1 aromatic rings. The molecule has 2 rings (SSSR count). The highest BCUT2D eigenvalue weighted by molar-refractivity contribution is 7.13. The molecule has 0 spiro atoms. The van der Waals surface area contributed by atoms with Crippen LogP contribution in [0.4, 0.5) is 0 Å². The van der Waals surface area contributed by atoms with Crippen LogP contribution in [0.1, 0.15) is 41.7 Å². The minimum absolute atomic E-state index is 0.0134. The number of aromatic hydroxyl groups is 1. The number of hydrogen-bond acceptors (Lipinski definition) is 6. The summed E-state index contributed by atoms with van der Waals surface area (Å²) in [6.07, 6.45) is 0. The highest BCUT2D eigenvalue weighted by atomic mass is 31.0. The summed E-state index contributed by atoms with van der Waals surface area (Å²) in [5.41, 5.74) is 4.28. The van der Waals surface area contributed by atoms with Gasteiger partial charge >= 0.3 is 0 Å². The van der Waals surface area contributed by atoms with E-state index in [-0.39, 0.29) is 17.6 Å². The van der Waals surface area contributed by atoms with Gasteiger partial charge in [-0.2, -0.15) is 0 Å². The molecular weight excluding hydrogens is 471 g/mol. The van der Waals surface area contributed by atoms with Gasteiger partial charge in [0, 0.05) is 57.9 Å². The lowest BCUT2D eigenvalue weighted by molar-refractivity contribution is -0.127. The van der Waals surface area contributed by atoms with Gasteiger partial charge in [0.2, 0.25) is 5.91 Å². The molecule has 10 heteroatoms. The third kappa shape index (κ3) is 7.07. The van der Waals surface area contributed by atoms with E-state index in [1.54, 1.807) is 0 Å². The van der Waals surface area contributed by atoms with E-state index in [2.05, 4.69) is 73.6 Å². The molecule has 7 nitrogen and oxygen atoms in total. The highest BCUT2D eigenvalue weighted by Gasteiger charge is 2.41. The van der Waals surface area contributed by atoms with Crippen molar-refractivity contribution in [3.05, 3.63) is 27.8 Å². The summed E-state index contributed by atoms with van der Waals surface area (Å²) in [6, 6.07) is 0. The monoisotopic (exact) mass is 515 g/mol. The fourth-order valence-electron chi connectivity index (χ4n) is 4.43. The van der Waals surface area contributed by atoms with Crippen LogP contribution in [-0.2, 0) is 10.3 Å². The number of nitrogens with one attached hydrogen (secondary N) is 2. The van der Waals surface area contributed by atoms with Crippen molar-refractivity contribution in [1.29, 1.82) is 0 Å². The second kappa shape index (κ2) is 12.5. The molecule has 1 saturated heterocycles. The van der Waals surface area contributed by atoms with Crippen LogP contribution in [0.5, 0.6) is 5.75 Å². The molecule has 0 bridgehead atoms. The minimum Gasteiger partial charge on any atom is -0.507 e. The molecule has 1 fully saturated rings. The molecule has 1 heterocycles. The summed E-state index contributed by atoms with van der Waals surface area (Å²) in [4.78, 5) is 13.3. The first-order valence-corrected chi connectivity index (χ1v) is 13.3. The fraction of sp³-hybridized carbons (Fsp3) is 0.696. The Kier molecular flexibility index (Phi) is 11.0. The zero-order valence-electron chi connectivity index (χ0n) is 21.2. The molecule has 5 atom stereocenters. The van der Waals surface area contributed by atoms with Crippen molar-refractivity contribution >= 4 is 34.1 Å². The summed E-state index contributed by atoms with van der Waals surface area (Å²) in [7, 11) is 8.39. The van der Waals surface area contributed by atoms with E-state index < -0.39 is 5.54 Å². The first kappa shape index (κ1) is 28.9. The molecule has 5 unspecified atom stereocenters. The smallest absolute Gasteiger partial charge is 0.225 e. The molecule has 0 saturated carbocycles. The van der Waals surface area contributed by atoms with Crippen LogP contribution < -0.4 is 10.6 Å². The Morgan fingerprint density at radius 2 is 1.27 bits per heavy atom. The Bertz CT molecular complexity index is 812. The van der Waals surface area contributed by atoms with Crippen molar-refractivity contribution in [2.75, 3.05) is 52.4 Å².